The van der Waals surface area contributed by atoms with Crippen molar-refractivity contribution in [1.29, 1.82) is 0 Å². The quantitative estimate of drug-likeness (QED) is 0.424. The maximum Gasteiger partial charge on any atom is 0.311 e. The predicted octanol–water partition coefficient (Wildman–Crippen LogP) is 3.04. The number of carbonyl (C=O) groups is 1. The zero-order valence-corrected chi connectivity index (χ0v) is 10.6. The summed E-state index contributed by atoms with van der Waals surface area (Å²) in [7, 11) is 0. The van der Waals surface area contributed by atoms with E-state index in [0.717, 1.165) is 5.56 Å². The van der Waals surface area contributed by atoms with Crippen LogP contribution < -0.4 is 4.74 Å². The van der Waals surface area contributed by atoms with E-state index in [-0.39, 0.29) is 17.2 Å². The molecule has 0 unspecified atom stereocenters. The molecule has 5 nitrogen and oxygen atoms in total. The first-order valence-electron chi connectivity index (χ1n) is 5.94. The number of hydrogen-bond donors (Lipinski definition) is 0. The number of nitrogens with zero attached hydrogens (tertiary/aromatic N) is 1. The number of benzene rings is 1. The summed E-state index contributed by atoms with van der Waals surface area (Å²) in [4.78, 5) is 21.5. The van der Waals surface area contributed by atoms with Crippen molar-refractivity contribution in [2.24, 2.45) is 0 Å². The van der Waals surface area contributed by atoms with Crippen molar-refractivity contribution >= 4 is 11.5 Å². The van der Waals surface area contributed by atoms with Crippen LogP contribution in [0.5, 0.6) is 5.75 Å². The van der Waals surface area contributed by atoms with E-state index in [9.17, 15) is 14.9 Å². The lowest BCUT2D eigenvalue weighted by molar-refractivity contribution is -0.385. The van der Waals surface area contributed by atoms with Crippen molar-refractivity contribution in [2.75, 3.05) is 6.61 Å². The highest BCUT2D eigenvalue weighted by atomic mass is 16.6. The molecule has 18 heavy (non-hydrogen) atoms. The fraction of sp³-hybridized carbons (Fsp3) is 0.462. The average Bonchev–Trinajstić information content (AvgIpc) is 2.35. The first-order valence-corrected chi connectivity index (χ1v) is 5.94. The predicted molar refractivity (Wildman–Crippen MR) is 67.9 cm³/mol. The number of nitro groups is 1. The van der Waals surface area contributed by atoms with Gasteiger partial charge in [-0.2, -0.15) is 0 Å². The fourth-order valence-corrected chi connectivity index (χ4v) is 1.52. The Morgan fingerprint density at radius 1 is 1.44 bits per heavy atom. The van der Waals surface area contributed by atoms with Gasteiger partial charge in [-0.15, -0.1) is 0 Å². The number of nitro benzene ring substituents is 1. The van der Waals surface area contributed by atoms with E-state index in [4.69, 9.17) is 4.74 Å². The maximum absolute atomic E-state index is 11.1. The monoisotopic (exact) mass is 251 g/mol. The topological polar surface area (TPSA) is 69.4 Å². The summed E-state index contributed by atoms with van der Waals surface area (Å²) in [5, 5.41) is 10.8. The Kier molecular flexibility index (Phi) is 5.30. The number of ether oxygens (including phenoxy) is 1. The molecule has 0 fully saturated rings. The Balaban J connectivity index is 2.56. The van der Waals surface area contributed by atoms with Gasteiger partial charge in [-0.3, -0.25) is 14.9 Å². The van der Waals surface area contributed by atoms with Crippen LogP contribution in [0.15, 0.2) is 18.2 Å². The molecule has 98 valence electrons. The van der Waals surface area contributed by atoms with Crippen LogP contribution in [0.2, 0.25) is 0 Å². The molecule has 0 aliphatic carbocycles. The van der Waals surface area contributed by atoms with E-state index in [0.29, 0.717) is 25.9 Å². The molecule has 0 atom stereocenters. The van der Waals surface area contributed by atoms with E-state index >= 15 is 0 Å². The van der Waals surface area contributed by atoms with Gasteiger partial charge in [-0.25, -0.2) is 0 Å². The van der Waals surface area contributed by atoms with Crippen LogP contribution in [0.4, 0.5) is 5.69 Å². The second-order valence-electron chi connectivity index (χ2n) is 4.07. The van der Waals surface area contributed by atoms with Gasteiger partial charge in [0, 0.05) is 18.9 Å². The number of ketones is 1. The minimum atomic E-state index is -0.459. The summed E-state index contributed by atoms with van der Waals surface area (Å²) in [5.74, 6) is 0.437. The van der Waals surface area contributed by atoms with Crippen LogP contribution >= 0.6 is 0 Å². The van der Waals surface area contributed by atoms with Gasteiger partial charge in [0.05, 0.1) is 11.5 Å². The van der Waals surface area contributed by atoms with Gasteiger partial charge in [0.1, 0.15) is 5.78 Å². The Morgan fingerprint density at radius 2 is 2.17 bits per heavy atom. The highest BCUT2D eigenvalue weighted by Crippen LogP contribution is 2.27. The third-order valence-corrected chi connectivity index (χ3v) is 2.56. The summed E-state index contributed by atoms with van der Waals surface area (Å²) in [5.41, 5.74) is 0.784. The molecule has 1 rings (SSSR count). The molecule has 0 aliphatic heterocycles. The lowest BCUT2D eigenvalue weighted by Gasteiger charge is -2.06. The van der Waals surface area contributed by atoms with Gasteiger partial charge in [-0.05, 0) is 25.0 Å². The molecule has 1 aromatic carbocycles. The van der Waals surface area contributed by atoms with Crippen LogP contribution in [0.3, 0.4) is 0 Å². The average molecular weight is 251 g/mol. The van der Waals surface area contributed by atoms with Crippen LogP contribution in [-0.2, 0) is 4.79 Å². The zero-order valence-electron chi connectivity index (χ0n) is 10.6. The molecule has 0 saturated heterocycles. The van der Waals surface area contributed by atoms with Crippen molar-refractivity contribution in [2.45, 2.75) is 33.1 Å². The molecule has 0 radical (unpaired) electrons. The molecule has 5 heteroatoms. The smallest absolute Gasteiger partial charge is 0.311 e. The zero-order chi connectivity index (χ0) is 13.5. The molecule has 1 aromatic rings. The lowest BCUT2D eigenvalue weighted by Crippen LogP contribution is -2.04. The summed E-state index contributed by atoms with van der Waals surface area (Å²) in [6.07, 6.45) is 1.55. The molecule has 0 heterocycles. The number of hydrogen-bond acceptors (Lipinski definition) is 4. The molecule has 0 aromatic heterocycles. The van der Waals surface area contributed by atoms with Crippen molar-refractivity contribution in [3.63, 3.8) is 0 Å². The third kappa shape index (κ3) is 4.16. The van der Waals surface area contributed by atoms with E-state index in [1.54, 1.807) is 19.1 Å². The van der Waals surface area contributed by atoms with Gasteiger partial charge < -0.3 is 4.74 Å². The second-order valence-corrected chi connectivity index (χ2v) is 4.07. The van der Waals surface area contributed by atoms with E-state index < -0.39 is 4.92 Å². The van der Waals surface area contributed by atoms with Crippen molar-refractivity contribution in [3.8, 4) is 5.75 Å². The number of carbonyl (C=O) groups excluding carboxylic acids is 1. The Morgan fingerprint density at radius 3 is 2.78 bits per heavy atom. The standard InChI is InChI=1S/C13H17NO4/c1-3-11(15)5-4-8-18-13-7-6-10(2)9-12(13)14(16)17/h6-7,9H,3-5,8H2,1-2H3. The van der Waals surface area contributed by atoms with Crippen LogP contribution in [-0.4, -0.2) is 17.3 Å². The number of aryl methyl sites for hydroxylation is 1. The van der Waals surface area contributed by atoms with Gasteiger partial charge in [-0.1, -0.05) is 13.0 Å². The van der Waals surface area contributed by atoms with Crippen LogP contribution in [0, 0.1) is 17.0 Å². The molecular weight excluding hydrogens is 234 g/mol. The van der Waals surface area contributed by atoms with Gasteiger partial charge in [0.25, 0.3) is 0 Å². The molecule has 0 bridgehead atoms. The Hall–Kier alpha value is -1.91. The normalized spacial score (nSPS) is 10.1. The summed E-state index contributed by atoms with van der Waals surface area (Å²) in [6.45, 7) is 3.92. The molecule has 0 amide bonds. The summed E-state index contributed by atoms with van der Waals surface area (Å²) < 4.78 is 5.35. The van der Waals surface area contributed by atoms with E-state index in [2.05, 4.69) is 0 Å². The second kappa shape index (κ2) is 6.74. The Bertz CT molecular complexity index is 443. The van der Waals surface area contributed by atoms with Crippen molar-refractivity contribution < 1.29 is 14.5 Å². The largest absolute Gasteiger partial charge is 0.487 e. The summed E-state index contributed by atoms with van der Waals surface area (Å²) >= 11 is 0. The van der Waals surface area contributed by atoms with Crippen LogP contribution in [0.1, 0.15) is 31.7 Å². The van der Waals surface area contributed by atoms with E-state index in [1.807, 2.05) is 6.92 Å². The number of rotatable bonds is 7. The van der Waals surface area contributed by atoms with Gasteiger partial charge >= 0.3 is 5.69 Å². The van der Waals surface area contributed by atoms with E-state index in [1.165, 1.54) is 6.07 Å². The molecule has 0 aliphatic rings. The third-order valence-electron chi connectivity index (χ3n) is 2.56. The highest BCUT2D eigenvalue weighted by molar-refractivity contribution is 5.77. The van der Waals surface area contributed by atoms with Crippen LogP contribution in [0.25, 0.3) is 0 Å². The summed E-state index contributed by atoms with van der Waals surface area (Å²) in [6, 6.07) is 4.83. The molecule has 0 spiro atoms. The van der Waals surface area contributed by atoms with Gasteiger partial charge in [0.2, 0.25) is 0 Å². The maximum atomic E-state index is 11.1. The van der Waals surface area contributed by atoms with Crippen molar-refractivity contribution in [1.82, 2.24) is 0 Å². The molecule has 0 N–H and O–H groups in total. The fourth-order valence-electron chi connectivity index (χ4n) is 1.52. The molecular formula is C13H17NO4. The highest BCUT2D eigenvalue weighted by Gasteiger charge is 2.14. The number of Topliss-reactive ketones (excluding diaryl/α,β-unsaturated/α-hetero) is 1. The first-order chi connectivity index (χ1) is 8.54. The minimum Gasteiger partial charge on any atom is -0.487 e. The Labute approximate surface area is 106 Å². The minimum absolute atomic E-state index is 0.0307. The molecule has 0 saturated carbocycles. The SMILES string of the molecule is CCC(=O)CCCOc1ccc(C)cc1[N+](=O)[O-]. The first kappa shape index (κ1) is 14.2. The van der Waals surface area contributed by atoms with Crippen molar-refractivity contribution in [3.05, 3.63) is 33.9 Å². The lowest BCUT2D eigenvalue weighted by atomic mass is 10.2. The van der Waals surface area contributed by atoms with Gasteiger partial charge in [0.15, 0.2) is 5.75 Å².